The molecule has 5 heteroatoms. The first-order valence-electron chi connectivity index (χ1n) is 9.34. The van der Waals surface area contributed by atoms with Crippen LogP contribution in [-0.2, 0) is 11.8 Å². The smallest absolute Gasteiger partial charge is 0.256 e. The molecular formula is C21H29N3O2. The van der Waals surface area contributed by atoms with Gasteiger partial charge in [-0.25, -0.2) is 0 Å². The number of aryl methyl sites for hydroxylation is 1. The Hall–Kier alpha value is -2.30. The molecule has 0 N–H and O–H groups in total. The summed E-state index contributed by atoms with van der Waals surface area (Å²) in [7, 11) is 2.00. The van der Waals surface area contributed by atoms with E-state index in [1.54, 1.807) is 0 Å². The first-order valence-corrected chi connectivity index (χ1v) is 9.34. The lowest BCUT2D eigenvalue weighted by Crippen LogP contribution is -2.42. The van der Waals surface area contributed by atoms with Gasteiger partial charge in [-0.05, 0) is 19.4 Å². The van der Waals surface area contributed by atoms with Gasteiger partial charge in [-0.2, -0.15) is 0 Å². The molecule has 1 saturated heterocycles. The van der Waals surface area contributed by atoms with Gasteiger partial charge < -0.3 is 14.4 Å². The van der Waals surface area contributed by atoms with Crippen molar-refractivity contribution >= 4 is 22.7 Å². The van der Waals surface area contributed by atoms with Gasteiger partial charge in [-0.3, -0.25) is 9.59 Å². The van der Waals surface area contributed by atoms with Gasteiger partial charge in [0.05, 0.1) is 5.56 Å². The number of aromatic nitrogens is 1. The molecule has 0 radical (unpaired) electrons. The van der Waals surface area contributed by atoms with Crippen molar-refractivity contribution in [1.82, 2.24) is 14.4 Å². The fraction of sp³-hybridized carbons (Fsp3) is 0.524. The van der Waals surface area contributed by atoms with Crippen LogP contribution in [0, 0.1) is 12.3 Å². The van der Waals surface area contributed by atoms with Gasteiger partial charge in [0, 0.05) is 55.2 Å². The standard InChI is InChI=1S/C21H29N3O2/c1-15-18(16-9-6-7-10-17(16)22(15)5)19(25)23-11-8-12-24(14-13-23)20(26)21(2,3)4/h6-7,9-10H,8,11-14H2,1-5H3. The highest BCUT2D eigenvalue weighted by Gasteiger charge is 2.30. The predicted molar refractivity (Wildman–Crippen MR) is 104 cm³/mol. The molecule has 1 aromatic heterocycles. The van der Waals surface area contributed by atoms with Gasteiger partial charge in [-0.1, -0.05) is 39.0 Å². The average Bonchev–Trinajstić information content (AvgIpc) is 2.77. The van der Waals surface area contributed by atoms with E-state index in [-0.39, 0.29) is 17.2 Å². The minimum absolute atomic E-state index is 0.0735. The molecule has 1 aliphatic heterocycles. The Morgan fingerprint density at radius 1 is 0.962 bits per heavy atom. The van der Waals surface area contributed by atoms with Crippen molar-refractivity contribution in [1.29, 1.82) is 0 Å². The third-order valence-corrected chi connectivity index (χ3v) is 5.33. The number of carbonyl (C=O) groups excluding carboxylic acids is 2. The van der Waals surface area contributed by atoms with Gasteiger partial charge in [0.2, 0.25) is 5.91 Å². The summed E-state index contributed by atoms with van der Waals surface area (Å²) >= 11 is 0. The number of amides is 2. The van der Waals surface area contributed by atoms with E-state index < -0.39 is 0 Å². The van der Waals surface area contributed by atoms with Crippen molar-refractivity contribution < 1.29 is 9.59 Å². The lowest BCUT2D eigenvalue weighted by molar-refractivity contribution is -0.139. The van der Waals surface area contributed by atoms with Crippen molar-refractivity contribution in [2.75, 3.05) is 26.2 Å². The molecule has 2 amide bonds. The molecule has 0 saturated carbocycles. The van der Waals surface area contributed by atoms with E-state index in [9.17, 15) is 9.59 Å². The third-order valence-electron chi connectivity index (χ3n) is 5.33. The molecule has 26 heavy (non-hydrogen) atoms. The minimum atomic E-state index is -0.384. The van der Waals surface area contributed by atoms with Gasteiger partial charge in [0.25, 0.3) is 5.91 Å². The van der Waals surface area contributed by atoms with Crippen molar-refractivity contribution in [3.63, 3.8) is 0 Å². The molecule has 0 atom stereocenters. The van der Waals surface area contributed by atoms with Crippen LogP contribution < -0.4 is 0 Å². The molecular weight excluding hydrogens is 326 g/mol. The van der Waals surface area contributed by atoms with E-state index in [1.807, 2.05) is 68.8 Å². The number of hydrogen-bond acceptors (Lipinski definition) is 2. The number of nitrogens with zero attached hydrogens (tertiary/aromatic N) is 3. The maximum absolute atomic E-state index is 13.3. The quantitative estimate of drug-likeness (QED) is 0.788. The van der Waals surface area contributed by atoms with E-state index in [0.29, 0.717) is 26.2 Å². The molecule has 3 rings (SSSR count). The molecule has 0 aliphatic carbocycles. The first-order chi connectivity index (χ1) is 12.2. The summed E-state index contributed by atoms with van der Waals surface area (Å²) in [6.07, 6.45) is 0.817. The lowest BCUT2D eigenvalue weighted by Gasteiger charge is -2.28. The zero-order valence-electron chi connectivity index (χ0n) is 16.5. The van der Waals surface area contributed by atoms with Crippen molar-refractivity contribution in [2.24, 2.45) is 12.5 Å². The van der Waals surface area contributed by atoms with Crippen LogP contribution in [0.5, 0.6) is 0 Å². The summed E-state index contributed by atoms with van der Waals surface area (Å²) in [5, 5.41) is 1.00. The molecule has 2 heterocycles. The lowest BCUT2D eigenvalue weighted by atomic mass is 9.94. The van der Waals surface area contributed by atoms with Crippen LogP contribution in [0.15, 0.2) is 24.3 Å². The number of carbonyl (C=O) groups is 2. The van der Waals surface area contributed by atoms with Crippen LogP contribution in [0.25, 0.3) is 10.9 Å². The molecule has 1 fully saturated rings. The molecule has 2 aromatic rings. The van der Waals surface area contributed by atoms with E-state index in [0.717, 1.165) is 28.6 Å². The Kier molecular flexibility index (Phi) is 4.82. The van der Waals surface area contributed by atoms with E-state index in [2.05, 4.69) is 4.57 Å². The second-order valence-corrected chi connectivity index (χ2v) is 8.22. The second kappa shape index (κ2) is 6.78. The Morgan fingerprint density at radius 3 is 2.27 bits per heavy atom. The molecule has 140 valence electrons. The topological polar surface area (TPSA) is 45.6 Å². The van der Waals surface area contributed by atoms with Crippen LogP contribution in [-0.4, -0.2) is 52.4 Å². The first kappa shape index (κ1) is 18.5. The largest absolute Gasteiger partial charge is 0.347 e. The molecule has 0 spiro atoms. The van der Waals surface area contributed by atoms with Crippen LogP contribution in [0.2, 0.25) is 0 Å². The fourth-order valence-electron chi connectivity index (χ4n) is 3.75. The SMILES string of the molecule is Cc1c(C(=O)N2CCCN(C(=O)C(C)(C)C)CC2)c2ccccc2n1C. The van der Waals surface area contributed by atoms with Crippen LogP contribution in [0.1, 0.15) is 43.2 Å². The Labute approximate surface area is 155 Å². The summed E-state index contributed by atoms with van der Waals surface area (Å²) in [5.41, 5.74) is 2.47. The van der Waals surface area contributed by atoms with Gasteiger partial charge in [0.1, 0.15) is 0 Å². The second-order valence-electron chi connectivity index (χ2n) is 8.22. The number of rotatable bonds is 1. The average molecular weight is 355 g/mol. The maximum atomic E-state index is 13.3. The summed E-state index contributed by atoms with van der Waals surface area (Å²) in [6, 6.07) is 8.04. The zero-order valence-corrected chi connectivity index (χ0v) is 16.5. The Morgan fingerprint density at radius 2 is 1.58 bits per heavy atom. The van der Waals surface area contributed by atoms with Crippen molar-refractivity contribution in [2.45, 2.75) is 34.1 Å². The number of hydrogen-bond donors (Lipinski definition) is 0. The van der Waals surface area contributed by atoms with Gasteiger partial charge in [0.15, 0.2) is 0 Å². The normalized spacial score (nSPS) is 16.0. The number of benzene rings is 1. The Balaban J connectivity index is 1.84. The van der Waals surface area contributed by atoms with Crippen LogP contribution >= 0.6 is 0 Å². The molecule has 0 bridgehead atoms. The minimum Gasteiger partial charge on any atom is -0.347 e. The predicted octanol–water partition coefficient (Wildman–Crippen LogP) is 3.21. The summed E-state index contributed by atoms with van der Waals surface area (Å²) in [5.74, 6) is 0.234. The summed E-state index contributed by atoms with van der Waals surface area (Å²) < 4.78 is 2.08. The van der Waals surface area contributed by atoms with Gasteiger partial charge in [-0.15, -0.1) is 0 Å². The Bertz CT molecular complexity index is 845. The van der Waals surface area contributed by atoms with E-state index in [1.165, 1.54) is 0 Å². The zero-order chi connectivity index (χ0) is 19.1. The van der Waals surface area contributed by atoms with E-state index in [4.69, 9.17) is 0 Å². The monoisotopic (exact) mass is 355 g/mol. The number of fused-ring (bicyclic) bond motifs is 1. The van der Waals surface area contributed by atoms with Crippen LogP contribution in [0.3, 0.4) is 0 Å². The highest BCUT2D eigenvalue weighted by Crippen LogP contribution is 2.27. The van der Waals surface area contributed by atoms with Crippen molar-refractivity contribution in [3.05, 3.63) is 35.5 Å². The van der Waals surface area contributed by atoms with Crippen molar-refractivity contribution in [3.8, 4) is 0 Å². The van der Waals surface area contributed by atoms with Gasteiger partial charge >= 0.3 is 0 Å². The maximum Gasteiger partial charge on any atom is 0.256 e. The molecule has 0 unspecified atom stereocenters. The number of para-hydroxylation sites is 1. The molecule has 1 aliphatic rings. The third kappa shape index (κ3) is 3.22. The summed E-state index contributed by atoms with van der Waals surface area (Å²) in [4.78, 5) is 29.7. The molecule has 5 nitrogen and oxygen atoms in total. The fourth-order valence-corrected chi connectivity index (χ4v) is 3.75. The molecule has 1 aromatic carbocycles. The van der Waals surface area contributed by atoms with E-state index >= 15 is 0 Å². The van der Waals surface area contributed by atoms with Crippen LogP contribution in [0.4, 0.5) is 0 Å². The highest BCUT2D eigenvalue weighted by molar-refractivity contribution is 6.08. The highest BCUT2D eigenvalue weighted by atomic mass is 16.2. The summed E-state index contributed by atoms with van der Waals surface area (Å²) in [6.45, 7) is 10.4.